The number of aryl methyl sites for hydroxylation is 1. The van der Waals surface area contributed by atoms with Crippen molar-refractivity contribution in [3.8, 4) is 5.75 Å². The summed E-state index contributed by atoms with van der Waals surface area (Å²) in [5, 5.41) is 3.05. The normalized spacial score (nSPS) is 16.4. The molecule has 1 aliphatic heterocycles. The first-order valence-corrected chi connectivity index (χ1v) is 8.59. The summed E-state index contributed by atoms with van der Waals surface area (Å²) in [6.45, 7) is 1.38. The molecule has 0 unspecified atom stereocenters. The quantitative estimate of drug-likeness (QED) is 0.797. The van der Waals surface area contributed by atoms with E-state index in [-0.39, 0.29) is 11.8 Å². The molecular formula is C20H21N3O2. The molecule has 0 spiro atoms. The Hall–Kier alpha value is -2.82. The van der Waals surface area contributed by atoms with Gasteiger partial charge in [0, 0.05) is 25.4 Å². The Kier molecular flexibility index (Phi) is 4.14. The van der Waals surface area contributed by atoms with Gasteiger partial charge in [-0.25, -0.2) is 4.98 Å². The number of imidazole rings is 1. The van der Waals surface area contributed by atoms with Crippen LogP contribution in [0.3, 0.4) is 0 Å². The monoisotopic (exact) mass is 335 g/mol. The third-order valence-corrected chi connectivity index (χ3v) is 4.86. The number of methoxy groups -OCH3 is 1. The summed E-state index contributed by atoms with van der Waals surface area (Å²) in [5.41, 5.74) is 3.24. The van der Waals surface area contributed by atoms with Crippen LogP contribution in [0.4, 0.5) is 0 Å². The average Bonchev–Trinajstić information content (AvgIpc) is 3.04. The molecule has 1 atom stereocenters. The number of benzene rings is 2. The van der Waals surface area contributed by atoms with Crippen LogP contribution in [0.1, 0.15) is 17.8 Å². The van der Waals surface area contributed by atoms with E-state index in [4.69, 9.17) is 9.72 Å². The van der Waals surface area contributed by atoms with Gasteiger partial charge in [0.1, 0.15) is 11.6 Å². The van der Waals surface area contributed by atoms with Crippen LogP contribution in [-0.4, -0.2) is 22.6 Å². The number of fused-ring (bicyclic) bond motifs is 3. The molecule has 0 fully saturated rings. The highest BCUT2D eigenvalue weighted by atomic mass is 16.5. The molecule has 5 nitrogen and oxygen atoms in total. The van der Waals surface area contributed by atoms with Crippen LogP contribution in [-0.2, 0) is 24.3 Å². The van der Waals surface area contributed by atoms with Crippen molar-refractivity contribution < 1.29 is 9.53 Å². The number of hydrogen-bond donors (Lipinski definition) is 1. The molecule has 2 heterocycles. The molecule has 1 N–H and O–H groups in total. The molecule has 1 aromatic heterocycles. The maximum absolute atomic E-state index is 12.5. The van der Waals surface area contributed by atoms with Gasteiger partial charge >= 0.3 is 0 Å². The molecular weight excluding hydrogens is 314 g/mol. The summed E-state index contributed by atoms with van der Waals surface area (Å²) in [7, 11) is 1.65. The van der Waals surface area contributed by atoms with Gasteiger partial charge in [-0.1, -0.05) is 24.3 Å². The van der Waals surface area contributed by atoms with Crippen molar-refractivity contribution >= 4 is 16.9 Å². The predicted molar refractivity (Wildman–Crippen MR) is 96.4 cm³/mol. The van der Waals surface area contributed by atoms with Crippen molar-refractivity contribution in [2.24, 2.45) is 5.92 Å². The summed E-state index contributed by atoms with van der Waals surface area (Å²) in [4.78, 5) is 17.2. The van der Waals surface area contributed by atoms with Crippen molar-refractivity contribution in [1.82, 2.24) is 14.9 Å². The number of amides is 1. The highest BCUT2D eigenvalue weighted by molar-refractivity contribution is 5.80. The van der Waals surface area contributed by atoms with E-state index in [2.05, 4.69) is 16.0 Å². The second-order valence-electron chi connectivity index (χ2n) is 6.42. The fraction of sp³-hybridized carbons (Fsp3) is 0.300. The van der Waals surface area contributed by atoms with E-state index in [1.807, 2.05) is 42.5 Å². The summed E-state index contributed by atoms with van der Waals surface area (Å²) >= 11 is 0. The minimum atomic E-state index is -0.0115. The number of para-hydroxylation sites is 2. The number of nitrogens with one attached hydrogen (secondary N) is 1. The third kappa shape index (κ3) is 3.09. The minimum Gasteiger partial charge on any atom is -0.497 e. The molecule has 1 aliphatic rings. The Labute approximate surface area is 146 Å². The molecule has 4 rings (SSSR count). The Morgan fingerprint density at radius 3 is 2.84 bits per heavy atom. The first kappa shape index (κ1) is 15.7. The van der Waals surface area contributed by atoms with Crippen molar-refractivity contribution in [3.63, 3.8) is 0 Å². The average molecular weight is 335 g/mol. The maximum Gasteiger partial charge on any atom is 0.223 e. The number of nitrogens with zero attached hydrogens (tertiary/aromatic N) is 2. The van der Waals surface area contributed by atoms with E-state index in [9.17, 15) is 4.79 Å². The third-order valence-electron chi connectivity index (χ3n) is 4.86. The maximum atomic E-state index is 12.5. The second kappa shape index (κ2) is 6.59. The zero-order valence-corrected chi connectivity index (χ0v) is 14.2. The first-order valence-electron chi connectivity index (χ1n) is 8.59. The minimum absolute atomic E-state index is 0.0115. The van der Waals surface area contributed by atoms with Gasteiger partial charge in [0.05, 0.1) is 18.1 Å². The number of hydrogen-bond acceptors (Lipinski definition) is 3. The number of rotatable bonds is 4. The van der Waals surface area contributed by atoms with E-state index in [1.54, 1.807) is 7.11 Å². The van der Waals surface area contributed by atoms with Gasteiger partial charge < -0.3 is 14.6 Å². The van der Waals surface area contributed by atoms with Gasteiger partial charge in [0.15, 0.2) is 0 Å². The lowest BCUT2D eigenvalue weighted by Crippen LogP contribution is -2.35. The van der Waals surface area contributed by atoms with Crippen LogP contribution in [0.25, 0.3) is 11.0 Å². The summed E-state index contributed by atoms with van der Waals surface area (Å²) in [6, 6.07) is 15.9. The second-order valence-corrected chi connectivity index (χ2v) is 6.42. The molecule has 0 saturated carbocycles. The SMILES string of the molecule is COc1ccc(CNC(=O)[C@@H]2CCn3c(nc4ccccc43)C2)cc1. The zero-order valence-electron chi connectivity index (χ0n) is 14.2. The van der Waals surface area contributed by atoms with Crippen LogP contribution in [0.5, 0.6) is 5.75 Å². The van der Waals surface area contributed by atoms with E-state index < -0.39 is 0 Å². The molecule has 2 aromatic carbocycles. The van der Waals surface area contributed by atoms with Gasteiger partial charge in [-0.15, -0.1) is 0 Å². The van der Waals surface area contributed by atoms with E-state index in [0.717, 1.165) is 41.1 Å². The molecule has 0 bridgehead atoms. The van der Waals surface area contributed by atoms with Gasteiger partial charge in [-0.3, -0.25) is 4.79 Å². The van der Waals surface area contributed by atoms with Gasteiger partial charge in [0.2, 0.25) is 5.91 Å². The molecule has 0 saturated heterocycles. The van der Waals surface area contributed by atoms with Crippen LogP contribution < -0.4 is 10.1 Å². The van der Waals surface area contributed by atoms with Crippen LogP contribution in [0, 0.1) is 5.92 Å². The van der Waals surface area contributed by atoms with Crippen LogP contribution in [0.2, 0.25) is 0 Å². The van der Waals surface area contributed by atoms with Gasteiger partial charge in [-0.05, 0) is 36.2 Å². The van der Waals surface area contributed by atoms with E-state index in [0.29, 0.717) is 13.0 Å². The Morgan fingerprint density at radius 2 is 2.04 bits per heavy atom. The number of carbonyl (C=O) groups is 1. The number of carbonyl (C=O) groups excluding carboxylic acids is 1. The van der Waals surface area contributed by atoms with Crippen molar-refractivity contribution in [2.45, 2.75) is 25.9 Å². The summed E-state index contributed by atoms with van der Waals surface area (Å²) < 4.78 is 7.39. The van der Waals surface area contributed by atoms with E-state index in [1.165, 1.54) is 0 Å². The highest BCUT2D eigenvalue weighted by Crippen LogP contribution is 2.25. The Balaban J connectivity index is 1.41. The molecule has 25 heavy (non-hydrogen) atoms. The van der Waals surface area contributed by atoms with Crippen molar-refractivity contribution in [1.29, 1.82) is 0 Å². The largest absolute Gasteiger partial charge is 0.497 e. The first-order chi connectivity index (χ1) is 12.2. The molecule has 1 amide bonds. The summed E-state index contributed by atoms with van der Waals surface area (Å²) in [5.74, 6) is 1.93. The zero-order chi connectivity index (χ0) is 17.2. The van der Waals surface area contributed by atoms with Gasteiger partial charge in [-0.2, -0.15) is 0 Å². The molecule has 5 heteroatoms. The van der Waals surface area contributed by atoms with Crippen LogP contribution in [0.15, 0.2) is 48.5 Å². The van der Waals surface area contributed by atoms with Crippen molar-refractivity contribution in [2.75, 3.05) is 7.11 Å². The Bertz CT molecular complexity index is 899. The van der Waals surface area contributed by atoms with E-state index >= 15 is 0 Å². The fourth-order valence-electron chi connectivity index (χ4n) is 3.44. The molecule has 128 valence electrons. The lowest BCUT2D eigenvalue weighted by atomic mass is 9.96. The number of aromatic nitrogens is 2. The number of ether oxygens (including phenoxy) is 1. The van der Waals surface area contributed by atoms with Crippen LogP contribution >= 0.6 is 0 Å². The Morgan fingerprint density at radius 1 is 1.24 bits per heavy atom. The fourth-order valence-corrected chi connectivity index (χ4v) is 3.44. The lowest BCUT2D eigenvalue weighted by Gasteiger charge is -2.23. The smallest absolute Gasteiger partial charge is 0.223 e. The van der Waals surface area contributed by atoms with Gasteiger partial charge in [0.25, 0.3) is 0 Å². The molecule has 3 aromatic rings. The highest BCUT2D eigenvalue weighted by Gasteiger charge is 2.26. The summed E-state index contributed by atoms with van der Waals surface area (Å²) in [6.07, 6.45) is 1.55. The van der Waals surface area contributed by atoms with Crippen molar-refractivity contribution in [3.05, 3.63) is 59.9 Å². The molecule has 0 aliphatic carbocycles. The lowest BCUT2D eigenvalue weighted by molar-refractivity contribution is -0.125. The standard InChI is InChI=1S/C20H21N3O2/c1-25-16-8-6-14(7-9-16)13-21-20(24)15-10-11-23-18-5-3-2-4-17(18)22-19(23)12-15/h2-9,15H,10-13H2,1H3,(H,21,24)/t15-/m1/s1. The topological polar surface area (TPSA) is 56.1 Å². The molecule has 0 radical (unpaired) electrons. The predicted octanol–water partition coefficient (Wildman–Crippen LogP) is 2.92.